The monoisotopic (exact) mass is 261 g/mol. The lowest BCUT2D eigenvalue weighted by molar-refractivity contribution is 0.319. The maximum atomic E-state index is 8.48. The highest BCUT2D eigenvalue weighted by atomic mass is 35.5. The predicted octanol–water partition coefficient (Wildman–Crippen LogP) is 4.05. The molecule has 2 aromatic rings. The second kappa shape index (κ2) is 6.07. The van der Waals surface area contributed by atoms with Gasteiger partial charge in [-0.2, -0.15) is 0 Å². The molecular formula is C14H12ClNO2. The molecule has 0 aromatic heterocycles. The molecule has 92 valence electrons. The Bertz CT molecular complexity index is 523. The highest BCUT2D eigenvalue weighted by molar-refractivity contribution is 6.65. The van der Waals surface area contributed by atoms with Crippen molar-refractivity contribution < 1.29 is 9.94 Å². The molecule has 0 amide bonds. The predicted molar refractivity (Wildman–Crippen MR) is 71.7 cm³/mol. The van der Waals surface area contributed by atoms with Crippen molar-refractivity contribution in [3.8, 4) is 11.5 Å². The van der Waals surface area contributed by atoms with Crippen LogP contribution in [0, 0.1) is 0 Å². The van der Waals surface area contributed by atoms with Gasteiger partial charge in [0.2, 0.25) is 0 Å². The fourth-order valence-electron chi connectivity index (χ4n) is 1.50. The number of hydrogen-bond donors (Lipinski definition) is 1. The third-order valence-corrected chi connectivity index (χ3v) is 2.57. The van der Waals surface area contributed by atoms with Crippen LogP contribution in [0.1, 0.15) is 5.56 Å². The van der Waals surface area contributed by atoms with Gasteiger partial charge in [-0.1, -0.05) is 47.1 Å². The first kappa shape index (κ1) is 12.5. The Morgan fingerprint density at radius 1 is 1.00 bits per heavy atom. The molecule has 18 heavy (non-hydrogen) atoms. The van der Waals surface area contributed by atoms with E-state index in [9.17, 15) is 0 Å². The summed E-state index contributed by atoms with van der Waals surface area (Å²) in [6.07, 6.45) is 0.406. The van der Waals surface area contributed by atoms with Crippen molar-refractivity contribution >= 4 is 16.8 Å². The molecule has 2 rings (SSSR count). The van der Waals surface area contributed by atoms with Crippen LogP contribution in [0.5, 0.6) is 11.5 Å². The van der Waals surface area contributed by atoms with E-state index in [1.165, 1.54) is 0 Å². The lowest BCUT2D eigenvalue weighted by atomic mass is 10.1. The van der Waals surface area contributed by atoms with E-state index in [0.717, 1.165) is 17.1 Å². The third kappa shape index (κ3) is 3.50. The summed E-state index contributed by atoms with van der Waals surface area (Å²) in [6.45, 7) is 0. The van der Waals surface area contributed by atoms with Crippen LogP contribution >= 0.6 is 11.6 Å². The highest BCUT2D eigenvalue weighted by Crippen LogP contribution is 2.21. The summed E-state index contributed by atoms with van der Waals surface area (Å²) in [7, 11) is 0. The second-order valence-electron chi connectivity index (χ2n) is 3.71. The van der Waals surface area contributed by atoms with Crippen LogP contribution in [0.15, 0.2) is 59.8 Å². The summed E-state index contributed by atoms with van der Waals surface area (Å²) in [6, 6.07) is 17.0. The van der Waals surface area contributed by atoms with Gasteiger partial charge in [-0.25, -0.2) is 0 Å². The van der Waals surface area contributed by atoms with Crippen molar-refractivity contribution in [1.82, 2.24) is 0 Å². The normalized spacial score (nSPS) is 11.3. The number of rotatable bonds is 4. The van der Waals surface area contributed by atoms with Crippen LogP contribution < -0.4 is 4.74 Å². The highest BCUT2D eigenvalue weighted by Gasteiger charge is 2.00. The lowest BCUT2D eigenvalue weighted by Crippen LogP contribution is -1.94. The van der Waals surface area contributed by atoms with Crippen molar-refractivity contribution in [2.45, 2.75) is 6.42 Å². The van der Waals surface area contributed by atoms with Crippen LogP contribution in [0.25, 0.3) is 0 Å². The van der Waals surface area contributed by atoms with Gasteiger partial charge in [0.25, 0.3) is 0 Å². The molecule has 0 atom stereocenters. The Morgan fingerprint density at radius 3 is 2.22 bits per heavy atom. The smallest absolute Gasteiger partial charge is 0.149 e. The van der Waals surface area contributed by atoms with E-state index in [0.29, 0.717) is 6.42 Å². The minimum Gasteiger partial charge on any atom is -0.457 e. The maximum Gasteiger partial charge on any atom is 0.149 e. The van der Waals surface area contributed by atoms with E-state index < -0.39 is 0 Å². The van der Waals surface area contributed by atoms with Gasteiger partial charge in [0, 0.05) is 6.42 Å². The lowest BCUT2D eigenvalue weighted by Gasteiger charge is -2.06. The van der Waals surface area contributed by atoms with Gasteiger partial charge in [0.05, 0.1) is 0 Å². The molecule has 0 heterocycles. The van der Waals surface area contributed by atoms with Crippen LogP contribution in [-0.2, 0) is 6.42 Å². The number of hydrogen-bond acceptors (Lipinski definition) is 3. The average Bonchev–Trinajstić information content (AvgIpc) is 2.42. The molecular weight excluding hydrogens is 250 g/mol. The summed E-state index contributed by atoms with van der Waals surface area (Å²) in [5, 5.41) is 11.6. The number of ether oxygens (including phenoxy) is 1. The molecule has 0 aliphatic carbocycles. The first-order valence-electron chi connectivity index (χ1n) is 5.46. The van der Waals surface area contributed by atoms with E-state index in [2.05, 4.69) is 5.16 Å². The Kier molecular flexibility index (Phi) is 4.20. The molecule has 0 radical (unpaired) electrons. The number of benzene rings is 2. The van der Waals surface area contributed by atoms with Crippen molar-refractivity contribution in [1.29, 1.82) is 0 Å². The fourth-order valence-corrected chi connectivity index (χ4v) is 1.66. The standard InChI is InChI=1S/C14H12ClNO2/c15-14(16-17)10-11-6-8-13(9-7-11)18-12-4-2-1-3-5-12/h1-9,17H,10H2. The Morgan fingerprint density at radius 2 is 1.61 bits per heavy atom. The summed E-state index contributed by atoms with van der Waals surface area (Å²) in [5.74, 6) is 1.54. The zero-order chi connectivity index (χ0) is 12.8. The number of oxime groups is 1. The van der Waals surface area contributed by atoms with Crippen molar-refractivity contribution in [3.05, 3.63) is 60.2 Å². The topological polar surface area (TPSA) is 41.8 Å². The summed E-state index contributed by atoms with van der Waals surface area (Å²) in [5.41, 5.74) is 0.957. The van der Waals surface area contributed by atoms with E-state index >= 15 is 0 Å². The molecule has 0 aliphatic rings. The Balaban J connectivity index is 2.04. The molecule has 0 saturated heterocycles. The first-order valence-corrected chi connectivity index (χ1v) is 5.84. The molecule has 3 nitrogen and oxygen atoms in total. The zero-order valence-electron chi connectivity index (χ0n) is 9.58. The minimum atomic E-state index is 0.159. The molecule has 0 fully saturated rings. The molecule has 0 unspecified atom stereocenters. The fraction of sp³-hybridized carbons (Fsp3) is 0.0714. The van der Waals surface area contributed by atoms with Crippen LogP contribution in [0.3, 0.4) is 0 Å². The Labute approximate surface area is 110 Å². The molecule has 0 saturated carbocycles. The van der Waals surface area contributed by atoms with Gasteiger partial charge in [-0.15, -0.1) is 0 Å². The SMILES string of the molecule is ON=C(Cl)Cc1ccc(Oc2ccccc2)cc1. The van der Waals surface area contributed by atoms with Gasteiger partial charge in [0.15, 0.2) is 0 Å². The second-order valence-corrected chi connectivity index (χ2v) is 4.15. The van der Waals surface area contributed by atoms with Crippen molar-refractivity contribution in [2.24, 2.45) is 5.16 Å². The van der Waals surface area contributed by atoms with Gasteiger partial charge in [-0.3, -0.25) is 0 Å². The van der Waals surface area contributed by atoms with Crippen LogP contribution in [0.2, 0.25) is 0 Å². The van der Waals surface area contributed by atoms with Gasteiger partial charge >= 0.3 is 0 Å². The first-order chi connectivity index (χ1) is 8.78. The van der Waals surface area contributed by atoms with E-state index in [4.69, 9.17) is 21.5 Å². The molecule has 1 N–H and O–H groups in total. The molecule has 0 spiro atoms. The molecule has 4 heteroatoms. The minimum absolute atomic E-state index is 0.159. The number of nitrogens with zero attached hydrogens (tertiary/aromatic N) is 1. The van der Waals surface area contributed by atoms with Crippen LogP contribution in [-0.4, -0.2) is 10.4 Å². The molecule has 0 bridgehead atoms. The summed E-state index contributed by atoms with van der Waals surface area (Å²) >= 11 is 5.64. The third-order valence-electron chi connectivity index (χ3n) is 2.36. The molecule has 2 aromatic carbocycles. The van der Waals surface area contributed by atoms with Gasteiger partial charge < -0.3 is 9.94 Å². The summed E-state index contributed by atoms with van der Waals surface area (Å²) in [4.78, 5) is 0. The van der Waals surface area contributed by atoms with Gasteiger partial charge in [0.1, 0.15) is 16.7 Å². The average molecular weight is 262 g/mol. The van der Waals surface area contributed by atoms with Crippen LogP contribution in [0.4, 0.5) is 0 Å². The maximum absolute atomic E-state index is 8.48. The number of para-hydroxylation sites is 1. The van der Waals surface area contributed by atoms with E-state index in [1.54, 1.807) is 0 Å². The number of halogens is 1. The molecule has 0 aliphatic heterocycles. The van der Waals surface area contributed by atoms with Gasteiger partial charge in [-0.05, 0) is 29.8 Å². The largest absolute Gasteiger partial charge is 0.457 e. The Hall–Kier alpha value is -2.00. The zero-order valence-corrected chi connectivity index (χ0v) is 10.3. The van der Waals surface area contributed by atoms with E-state index in [-0.39, 0.29) is 5.17 Å². The quantitative estimate of drug-likeness (QED) is 0.513. The van der Waals surface area contributed by atoms with Crippen molar-refractivity contribution in [2.75, 3.05) is 0 Å². The van der Waals surface area contributed by atoms with Crippen molar-refractivity contribution in [3.63, 3.8) is 0 Å². The van der Waals surface area contributed by atoms with E-state index in [1.807, 2.05) is 54.6 Å². The summed E-state index contributed by atoms with van der Waals surface area (Å²) < 4.78 is 5.65.